The van der Waals surface area contributed by atoms with Crippen molar-refractivity contribution in [2.45, 2.75) is 19.8 Å². The molecule has 1 aliphatic rings. The number of carbonyl (C=O) groups is 1. The molecule has 3 N–H and O–H groups in total. The highest BCUT2D eigenvalue weighted by Gasteiger charge is 2.19. The second-order valence-corrected chi connectivity index (χ2v) is 4.95. The van der Waals surface area contributed by atoms with E-state index in [1.807, 2.05) is 19.1 Å². The van der Waals surface area contributed by atoms with Crippen LogP contribution in [0.1, 0.15) is 30.3 Å². The Kier molecular flexibility index (Phi) is 4.74. The first-order valence-electron chi connectivity index (χ1n) is 6.94. The highest BCUT2D eigenvalue weighted by Crippen LogP contribution is 2.22. The van der Waals surface area contributed by atoms with Gasteiger partial charge in [0.1, 0.15) is 5.69 Å². The number of nitrogens with two attached hydrogens (primary N) is 1. The van der Waals surface area contributed by atoms with Gasteiger partial charge in [-0.05, 0) is 44.4 Å². The van der Waals surface area contributed by atoms with Crippen LogP contribution in [0, 0.1) is 5.92 Å². The lowest BCUT2D eigenvalue weighted by Crippen LogP contribution is -2.38. The van der Waals surface area contributed by atoms with E-state index in [2.05, 4.69) is 15.2 Å². The molecule has 0 bridgehead atoms. The molecule has 1 saturated heterocycles. The number of carbonyl (C=O) groups excluding carboxylic acids is 1. The average molecular weight is 262 g/mol. The number of rotatable bonds is 4. The minimum atomic E-state index is -0.114. The third-order valence-corrected chi connectivity index (χ3v) is 3.53. The molecule has 1 aliphatic heterocycles. The third-order valence-electron chi connectivity index (χ3n) is 3.53. The van der Waals surface area contributed by atoms with Crippen molar-refractivity contribution >= 4 is 11.6 Å². The summed E-state index contributed by atoms with van der Waals surface area (Å²) in [6, 6.07) is 3.82. The monoisotopic (exact) mass is 262 g/mol. The summed E-state index contributed by atoms with van der Waals surface area (Å²) in [7, 11) is 0. The number of nitrogens with zero attached hydrogens (tertiary/aromatic N) is 2. The van der Waals surface area contributed by atoms with Gasteiger partial charge in [-0.2, -0.15) is 0 Å². The van der Waals surface area contributed by atoms with Crippen LogP contribution >= 0.6 is 0 Å². The van der Waals surface area contributed by atoms with Crippen molar-refractivity contribution < 1.29 is 4.79 Å². The van der Waals surface area contributed by atoms with Gasteiger partial charge in [-0.3, -0.25) is 9.78 Å². The first-order valence-corrected chi connectivity index (χ1v) is 6.94. The average Bonchev–Trinajstić information content (AvgIpc) is 2.48. The second-order valence-electron chi connectivity index (χ2n) is 4.95. The maximum Gasteiger partial charge on any atom is 0.269 e. The van der Waals surface area contributed by atoms with Gasteiger partial charge in [0.15, 0.2) is 0 Å². The number of amides is 1. The Hall–Kier alpha value is -1.62. The number of hydrogen-bond donors (Lipinski definition) is 2. The van der Waals surface area contributed by atoms with Gasteiger partial charge in [0, 0.05) is 31.5 Å². The summed E-state index contributed by atoms with van der Waals surface area (Å²) in [6.45, 7) is 5.23. The molecule has 5 heteroatoms. The highest BCUT2D eigenvalue weighted by molar-refractivity contribution is 5.93. The Morgan fingerprint density at radius 2 is 2.47 bits per heavy atom. The molecule has 104 valence electrons. The van der Waals surface area contributed by atoms with Gasteiger partial charge in [0.25, 0.3) is 5.91 Å². The Bertz CT molecular complexity index is 435. The standard InChI is InChI=1S/C14H22N4O/c1-2-16-14(19)13-8-12(5-6-17-13)18-7-3-4-11(9-15)10-18/h5-6,8,11H,2-4,7,9-10,15H2,1H3,(H,16,19). The summed E-state index contributed by atoms with van der Waals surface area (Å²) in [5.41, 5.74) is 7.30. The molecule has 5 nitrogen and oxygen atoms in total. The van der Waals surface area contributed by atoms with Crippen molar-refractivity contribution in [3.63, 3.8) is 0 Å². The molecule has 1 aromatic rings. The Balaban J connectivity index is 2.11. The Morgan fingerprint density at radius 1 is 1.63 bits per heavy atom. The highest BCUT2D eigenvalue weighted by atomic mass is 16.1. The molecule has 1 atom stereocenters. The van der Waals surface area contributed by atoms with Crippen molar-refractivity contribution in [2.75, 3.05) is 31.1 Å². The first kappa shape index (κ1) is 13.8. The second kappa shape index (κ2) is 6.52. The van der Waals surface area contributed by atoms with Crippen LogP contribution in [0.25, 0.3) is 0 Å². The van der Waals surface area contributed by atoms with E-state index in [1.54, 1.807) is 6.20 Å². The lowest BCUT2D eigenvalue weighted by Gasteiger charge is -2.33. The molecule has 2 heterocycles. The zero-order valence-electron chi connectivity index (χ0n) is 11.4. The molecule has 2 rings (SSSR count). The van der Waals surface area contributed by atoms with Crippen LogP contribution in [0.3, 0.4) is 0 Å². The van der Waals surface area contributed by atoms with Gasteiger partial charge in [-0.1, -0.05) is 0 Å². The predicted octanol–water partition coefficient (Wildman–Crippen LogP) is 1.01. The van der Waals surface area contributed by atoms with Crippen molar-refractivity contribution in [2.24, 2.45) is 11.7 Å². The van der Waals surface area contributed by atoms with Gasteiger partial charge in [0.05, 0.1) is 0 Å². The molecule has 1 amide bonds. The molecule has 1 unspecified atom stereocenters. The van der Waals surface area contributed by atoms with Crippen molar-refractivity contribution in [1.82, 2.24) is 10.3 Å². The molecule has 19 heavy (non-hydrogen) atoms. The van der Waals surface area contributed by atoms with Crippen molar-refractivity contribution in [3.8, 4) is 0 Å². The fraction of sp³-hybridized carbons (Fsp3) is 0.571. The molecule has 1 aromatic heterocycles. The van der Waals surface area contributed by atoms with Crippen molar-refractivity contribution in [3.05, 3.63) is 24.0 Å². The van der Waals surface area contributed by atoms with Gasteiger partial charge in [0.2, 0.25) is 0 Å². The molecule has 0 saturated carbocycles. The smallest absolute Gasteiger partial charge is 0.269 e. The van der Waals surface area contributed by atoms with Crippen LogP contribution in [0.15, 0.2) is 18.3 Å². The summed E-state index contributed by atoms with van der Waals surface area (Å²) < 4.78 is 0. The summed E-state index contributed by atoms with van der Waals surface area (Å²) in [5.74, 6) is 0.437. The summed E-state index contributed by atoms with van der Waals surface area (Å²) >= 11 is 0. The van der Waals surface area contributed by atoms with Gasteiger partial charge in [-0.25, -0.2) is 0 Å². The first-order chi connectivity index (χ1) is 9.24. The van der Waals surface area contributed by atoms with E-state index in [-0.39, 0.29) is 5.91 Å². The Labute approximate surface area is 114 Å². The van der Waals surface area contributed by atoms with E-state index >= 15 is 0 Å². The molecule has 0 aliphatic carbocycles. The van der Waals surface area contributed by atoms with E-state index in [0.29, 0.717) is 18.2 Å². The number of pyridine rings is 1. The van der Waals surface area contributed by atoms with E-state index in [1.165, 1.54) is 6.42 Å². The summed E-state index contributed by atoms with van der Waals surface area (Å²) in [5, 5.41) is 2.77. The van der Waals surface area contributed by atoms with Crippen molar-refractivity contribution in [1.29, 1.82) is 0 Å². The number of hydrogen-bond acceptors (Lipinski definition) is 4. The fourth-order valence-corrected chi connectivity index (χ4v) is 2.48. The quantitative estimate of drug-likeness (QED) is 0.849. The lowest BCUT2D eigenvalue weighted by atomic mass is 9.98. The zero-order valence-corrected chi connectivity index (χ0v) is 11.4. The van der Waals surface area contributed by atoms with Gasteiger partial charge >= 0.3 is 0 Å². The van der Waals surface area contributed by atoms with E-state index < -0.39 is 0 Å². The van der Waals surface area contributed by atoms with Crippen LogP contribution in [0.2, 0.25) is 0 Å². The number of piperidine rings is 1. The van der Waals surface area contributed by atoms with E-state index in [9.17, 15) is 4.79 Å². The SMILES string of the molecule is CCNC(=O)c1cc(N2CCCC(CN)C2)ccn1. The Morgan fingerprint density at radius 3 is 3.21 bits per heavy atom. The fourth-order valence-electron chi connectivity index (χ4n) is 2.48. The predicted molar refractivity (Wildman–Crippen MR) is 76.2 cm³/mol. The number of nitrogens with one attached hydrogen (secondary N) is 1. The van der Waals surface area contributed by atoms with Crippen LogP contribution in [-0.2, 0) is 0 Å². The van der Waals surface area contributed by atoms with Gasteiger partial charge < -0.3 is 16.0 Å². The van der Waals surface area contributed by atoms with Gasteiger partial charge in [-0.15, -0.1) is 0 Å². The van der Waals surface area contributed by atoms with Crippen LogP contribution in [-0.4, -0.2) is 37.1 Å². The zero-order chi connectivity index (χ0) is 13.7. The number of anilines is 1. The molecule has 0 radical (unpaired) electrons. The largest absolute Gasteiger partial charge is 0.371 e. The lowest BCUT2D eigenvalue weighted by molar-refractivity contribution is 0.0951. The normalized spacial score (nSPS) is 19.3. The summed E-state index contributed by atoms with van der Waals surface area (Å²) in [6.07, 6.45) is 4.05. The number of aromatic nitrogens is 1. The molecular weight excluding hydrogens is 240 g/mol. The maximum atomic E-state index is 11.8. The minimum absolute atomic E-state index is 0.114. The molecular formula is C14H22N4O. The van der Waals surface area contributed by atoms with E-state index in [4.69, 9.17) is 5.73 Å². The van der Waals surface area contributed by atoms with Crippen LogP contribution in [0.5, 0.6) is 0 Å². The maximum absolute atomic E-state index is 11.8. The summed E-state index contributed by atoms with van der Waals surface area (Å²) in [4.78, 5) is 18.2. The van der Waals surface area contributed by atoms with Crippen LogP contribution in [0.4, 0.5) is 5.69 Å². The topological polar surface area (TPSA) is 71.2 Å². The van der Waals surface area contributed by atoms with E-state index in [0.717, 1.165) is 31.7 Å². The third kappa shape index (κ3) is 3.44. The molecule has 0 aromatic carbocycles. The minimum Gasteiger partial charge on any atom is -0.371 e. The van der Waals surface area contributed by atoms with Crippen LogP contribution < -0.4 is 16.0 Å². The molecule has 1 fully saturated rings. The molecule has 0 spiro atoms.